The maximum Gasteiger partial charge on any atom is 0.145 e. The highest BCUT2D eigenvalue weighted by molar-refractivity contribution is 5.59. The summed E-state index contributed by atoms with van der Waals surface area (Å²) in [7, 11) is 0. The first kappa shape index (κ1) is 12.9. The number of rotatable bonds is 3. The van der Waals surface area contributed by atoms with Gasteiger partial charge in [-0.05, 0) is 30.3 Å². The van der Waals surface area contributed by atoms with Gasteiger partial charge in [-0.15, -0.1) is 0 Å². The van der Waals surface area contributed by atoms with E-state index in [9.17, 15) is 0 Å². The van der Waals surface area contributed by atoms with Gasteiger partial charge in [-0.2, -0.15) is 5.26 Å². The van der Waals surface area contributed by atoms with Crippen LogP contribution in [0.15, 0.2) is 55.0 Å². The topological polar surface area (TPSA) is 80.5 Å². The van der Waals surface area contributed by atoms with Crippen molar-refractivity contribution in [1.29, 1.82) is 5.26 Å². The number of anilines is 1. The molecule has 3 aromatic rings. The van der Waals surface area contributed by atoms with Gasteiger partial charge in [0.25, 0.3) is 0 Å². The molecule has 0 saturated heterocycles. The summed E-state index contributed by atoms with van der Waals surface area (Å²) in [5.74, 6) is 0.836. The first-order valence-electron chi connectivity index (χ1n) is 6.49. The summed E-state index contributed by atoms with van der Waals surface area (Å²) in [6, 6.07) is 13.4. The summed E-state index contributed by atoms with van der Waals surface area (Å²) >= 11 is 0. The number of imidazole rings is 1. The van der Waals surface area contributed by atoms with Crippen LogP contribution >= 0.6 is 0 Å². The van der Waals surface area contributed by atoms with Crippen LogP contribution < -0.4 is 5.73 Å². The second kappa shape index (κ2) is 5.47. The fourth-order valence-electron chi connectivity index (χ4n) is 2.18. The number of nitrogen functional groups attached to an aromatic ring is 1. The Kier molecular flexibility index (Phi) is 3.36. The molecule has 21 heavy (non-hydrogen) atoms. The van der Waals surface area contributed by atoms with E-state index in [1.54, 1.807) is 12.4 Å². The first-order valence-corrected chi connectivity index (χ1v) is 6.49. The first-order chi connectivity index (χ1) is 10.3. The Bertz CT molecular complexity index is 796. The predicted molar refractivity (Wildman–Crippen MR) is 80.1 cm³/mol. The maximum atomic E-state index is 9.11. The molecule has 0 radical (unpaired) electrons. The maximum absolute atomic E-state index is 9.11. The van der Waals surface area contributed by atoms with E-state index in [4.69, 9.17) is 11.0 Å². The Morgan fingerprint density at radius 2 is 1.90 bits per heavy atom. The molecule has 2 N–H and O–H groups in total. The molecule has 0 saturated carbocycles. The Morgan fingerprint density at radius 3 is 2.67 bits per heavy atom. The molecule has 0 unspecified atom stereocenters. The third kappa shape index (κ3) is 2.60. The Balaban J connectivity index is 1.96. The van der Waals surface area contributed by atoms with Gasteiger partial charge in [0.15, 0.2) is 0 Å². The third-order valence-electron chi connectivity index (χ3n) is 3.22. The molecule has 2 heterocycles. The van der Waals surface area contributed by atoms with Crippen LogP contribution in [0.25, 0.3) is 11.4 Å². The number of nitriles is 1. The number of hydrogen-bond acceptors (Lipinski definition) is 4. The van der Waals surface area contributed by atoms with Crippen LogP contribution in [0.5, 0.6) is 0 Å². The summed E-state index contributed by atoms with van der Waals surface area (Å²) in [4.78, 5) is 8.47. The van der Waals surface area contributed by atoms with Gasteiger partial charge in [0.05, 0.1) is 6.54 Å². The van der Waals surface area contributed by atoms with Crippen molar-refractivity contribution in [2.45, 2.75) is 6.54 Å². The molecule has 0 bridgehead atoms. The molecular formula is C16H13N5. The molecule has 0 aliphatic heterocycles. The minimum atomic E-state index is 0.439. The lowest BCUT2D eigenvalue weighted by molar-refractivity contribution is 0.799. The summed E-state index contributed by atoms with van der Waals surface area (Å²) in [5.41, 5.74) is 8.72. The van der Waals surface area contributed by atoms with E-state index < -0.39 is 0 Å². The number of nitrogens with zero attached hydrogens (tertiary/aromatic N) is 4. The van der Waals surface area contributed by atoms with Crippen molar-refractivity contribution in [2.24, 2.45) is 0 Å². The second-order valence-electron chi connectivity index (χ2n) is 4.62. The van der Waals surface area contributed by atoms with E-state index in [0.717, 1.165) is 22.6 Å². The molecule has 0 atom stereocenters. The van der Waals surface area contributed by atoms with Crippen molar-refractivity contribution in [1.82, 2.24) is 14.5 Å². The average Bonchev–Trinajstić information content (AvgIpc) is 2.97. The molecule has 3 rings (SSSR count). The zero-order valence-electron chi connectivity index (χ0n) is 11.3. The van der Waals surface area contributed by atoms with Crippen LogP contribution in [0.2, 0.25) is 0 Å². The SMILES string of the molecule is N#Cc1ncccc1Cn1ccnc1-c1ccc(N)cc1. The van der Waals surface area contributed by atoms with Gasteiger partial charge in [-0.3, -0.25) is 0 Å². The van der Waals surface area contributed by atoms with Gasteiger partial charge in [0.1, 0.15) is 17.6 Å². The highest BCUT2D eigenvalue weighted by atomic mass is 15.1. The van der Waals surface area contributed by atoms with Crippen LogP contribution in [0.3, 0.4) is 0 Å². The molecule has 2 aromatic heterocycles. The molecule has 5 nitrogen and oxygen atoms in total. The van der Waals surface area contributed by atoms with Gasteiger partial charge in [0.2, 0.25) is 0 Å². The van der Waals surface area contributed by atoms with Crippen LogP contribution in [-0.2, 0) is 6.54 Å². The third-order valence-corrected chi connectivity index (χ3v) is 3.22. The van der Waals surface area contributed by atoms with Gasteiger partial charge in [-0.1, -0.05) is 6.07 Å². The van der Waals surface area contributed by atoms with Crippen molar-refractivity contribution in [2.75, 3.05) is 5.73 Å². The van der Waals surface area contributed by atoms with Gasteiger partial charge in [0, 0.05) is 35.4 Å². The van der Waals surface area contributed by atoms with Crippen LogP contribution in [0.4, 0.5) is 5.69 Å². The van der Waals surface area contributed by atoms with Crippen molar-refractivity contribution in [3.05, 3.63) is 66.2 Å². The minimum Gasteiger partial charge on any atom is -0.399 e. The average molecular weight is 275 g/mol. The lowest BCUT2D eigenvalue weighted by Gasteiger charge is -2.09. The van der Waals surface area contributed by atoms with Crippen LogP contribution in [0, 0.1) is 11.3 Å². The lowest BCUT2D eigenvalue weighted by Crippen LogP contribution is -2.04. The zero-order chi connectivity index (χ0) is 14.7. The fourth-order valence-corrected chi connectivity index (χ4v) is 2.18. The molecule has 0 spiro atoms. The van der Waals surface area contributed by atoms with E-state index in [0.29, 0.717) is 12.2 Å². The molecule has 0 fully saturated rings. The quantitative estimate of drug-likeness (QED) is 0.744. The van der Waals surface area contributed by atoms with Gasteiger partial charge in [-0.25, -0.2) is 9.97 Å². The van der Waals surface area contributed by atoms with Gasteiger partial charge < -0.3 is 10.3 Å². The minimum absolute atomic E-state index is 0.439. The van der Waals surface area contributed by atoms with Crippen molar-refractivity contribution < 1.29 is 0 Å². The van der Waals surface area contributed by atoms with E-state index in [1.807, 2.05) is 47.2 Å². The van der Waals surface area contributed by atoms with Crippen molar-refractivity contribution in [3.63, 3.8) is 0 Å². The smallest absolute Gasteiger partial charge is 0.145 e. The Morgan fingerprint density at radius 1 is 1.10 bits per heavy atom. The molecule has 102 valence electrons. The molecule has 0 amide bonds. The molecule has 0 aliphatic rings. The summed E-state index contributed by atoms with van der Waals surface area (Å²) in [6.45, 7) is 0.552. The standard InChI is InChI=1S/C16H13N5/c17-10-15-13(2-1-7-19-15)11-21-9-8-20-16(21)12-3-5-14(18)6-4-12/h1-9H,11,18H2. The van der Waals surface area contributed by atoms with E-state index >= 15 is 0 Å². The highest BCUT2D eigenvalue weighted by Crippen LogP contribution is 2.20. The summed E-state index contributed by atoms with van der Waals surface area (Å²) in [6.07, 6.45) is 5.25. The summed E-state index contributed by atoms with van der Waals surface area (Å²) in [5, 5.41) is 9.11. The number of hydrogen-bond donors (Lipinski definition) is 1. The monoisotopic (exact) mass is 275 g/mol. The number of aromatic nitrogens is 3. The largest absolute Gasteiger partial charge is 0.399 e. The van der Waals surface area contributed by atoms with E-state index in [-0.39, 0.29) is 0 Å². The molecule has 1 aromatic carbocycles. The van der Waals surface area contributed by atoms with Crippen LogP contribution in [0.1, 0.15) is 11.3 Å². The van der Waals surface area contributed by atoms with Crippen LogP contribution in [-0.4, -0.2) is 14.5 Å². The molecular weight excluding hydrogens is 262 g/mol. The number of pyridine rings is 1. The summed E-state index contributed by atoms with van der Waals surface area (Å²) < 4.78 is 1.99. The predicted octanol–water partition coefficient (Wildman–Crippen LogP) is 2.45. The fraction of sp³-hybridized carbons (Fsp3) is 0.0625. The zero-order valence-corrected chi connectivity index (χ0v) is 11.3. The lowest BCUT2D eigenvalue weighted by atomic mass is 10.1. The van der Waals surface area contributed by atoms with Gasteiger partial charge >= 0.3 is 0 Å². The van der Waals surface area contributed by atoms with Crippen molar-refractivity contribution >= 4 is 5.69 Å². The normalized spacial score (nSPS) is 10.2. The Hall–Kier alpha value is -3.13. The number of nitrogens with two attached hydrogens (primary N) is 1. The molecule has 5 heteroatoms. The highest BCUT2D eigenvalue weighted by Gasteiger charge is 2.09. The Labute approximate surface area is 122 Å². The second-order valence-corrected chi connectivity index (χ2v) is 4.62. The van der Waals surface area contributed by atoms with E-state index in [1.165, 1.54) is 0 Å². The van der Waals surface area contributed by atoms with Crippen molar-refractivity contribution in [3.8, 4) is 17.5 Å². The number of benzene rings is 1. The molecule has 0 aliphatic carbocycles. The van der Waals surface area contributed by atoms with E-state index in [2.05, 4.69) is 16.0 Å².